The molecule has 4 rings (SSSR count). The molecule has 2 aromatic rings. The molecule has 0 bridgehead atoms. The summed E-state index contributed by atoms with van der Waals surface area (Å²) in [6.07, 6.45) is 0. The summed E-state index contributed by atoms with van der Waals surface area (Å²) in [6, 6.07) is 14.9. The highest BCUT2D eigenvalue weighted by Crippen LogP contribution is 2.53. The standard InChI is InChI=1S/C20H16N2O3S4/c1-2-25-19(27)29-20(12-8-4-6-10-14(12)22-17(20)24)18(26)28-15-11-7-3-5-9-13(11)21-16(15)23/h3-10,15H,2H2,1H3,(H,21,23)(H,22,24). The minimum absolute atomic E-state index is 0.155. The Labute approximate surface area is 187 Å². The van der Waals surface area contributed by atoms with Crippen LogP contribution >= 0.6 is 48.0 Å². The molecule has 0 saturated carbocycles. The molecule has 0 fully saturated rings. The van der Waals surface area contributed by atoms with Crippen molar-refractivity contribution in [3.63, 3.8) is 0 Å². The lowest BCUT2D eigenvalue weighted by molar-refractivity contribution is -0.117. The molecule has 2 aliphatic heterocycles. The first-order chi connectivity index (χ1) is 14.0. The predicted octanol–water partition coefficient (Wildman–Crippen LogP) is 4.64. The third-order valence-electron chi connectivity index (χ3n) is 4.62. The zero-order valence-corrected chi connectivity index (χ0v) is 18.5. The molecule has 2 heterocycles. The number of benzene rings is 2. The molecule has 148 valence electrons. The monoisotopic (exact) mass is 460 g/mol. The fraction of sp³-hybridized carbons (Fsp3) is 0.200. The lowest BCUT2D eigenvalue weighted by Crippen LogP contribution is -2.38. The van der Waals surface area contributed by atoms with Crippen molar-refractivity contribution in [3.8, 4) is 0 Å². The van der Waals surface area contributed by atoms with Gasteiger partial charge in [-0.15, -0.1) is 0 Å². The fourth-order valence-corrected chi connectivity index (χ4v) is 6.74. The lowest BCUT2D eigenvalue weighted by Gasteiger charge is -2.28. The van der Waals surface area contributed by atoms with Crippen molar-refractivity contribution >= 4 is 79.7 Å². The number of hydrogen-bond donors (Lipinski definition) is 2. The highest BCUT2D eigenvalue weighted by atomic mass is 32.2. The quantitative estimate of drug-likeness (QED) is 0.644. The summed E-state index contributed by atoms with van der Waals surface area (Å²) in [5, 5.41) is 5.24. The average Bonchev–Trinajstić information content (AvgIpc) is 3.17. The van der Waals surface area contributed by atoms with E-state index in [4.69, 9.17) is 29.2 Å². The number of hydrogen-bond acceptors (Lipinski definition) is 7. The first-order valence-corrected chi connectivity index (χ1v) is 11.4. The molecule has 9 heteroatoms. The van der Waals surface area contributed by atoms with E-state index >= 15 is 0 Å². The van der Waals surface area contributed by atoms with Crippen LogP contribution in [-0.4, -0.2) is 27.0 Å². The van der Waals surface area contributed by atoms with Crippen LogP contribution < -0.4 is 10.6 Å². The summed E-state index contributed by atoms with van der Waals surface area (Å²) in [7, 11) is 0. The summed E-state index contributed by atoms with van der Waals surface area (Å²) in [6.45, 7) is 2.22. The SMILES string of the molecule is CCOC(=S)SC1(C(=S)SC2C(=O)Nc3ccccc32)C(=O)Nc2ccccc21. The van der Waals surface area contributed by atoms with Crippen LogP contribution in [0.5, 0.6) is 0 Å². The minimum atomic E-state index is -1.25. The van der Waals surface area contributed by atoms with Gasteiger partial charge >= 0.3 is 0 Å². The van der Waals surface area contributed by atoms with E-state index in [9.17, 15) is 9.59 Å². The van der Waals surface area contributed by atoms with Crippen molar-refractivity contribution in [2.45, 2.75) is 16.9 Å². The molecule has 0 saturated heterocycles. The van der Waals surface area contributed by atoms with Gasteiger partial charge in [0.05, 0.1) is 10.8 Å². The van der Waals surface area contributed by atoms with E-state index in [1.807, 2.05) is 55.5 Å². The molecule has 2 unspecified atom stereocenters. The van der Waals surface area contributed by atoms with Crippen molar-refractivity contribution in [2.75, 3.05) is 17.2 Å². The first-order valence-electron chi connectivity index (χ1n) is 8.85. The van der Waals surface area contributed by atoms with Crippen LogP contribution in [0.1, 0.15) is 23.3 Å². The van der Waals surface area contributed by atoms with Gasteiger partial charge in [0.15, 0.2) is 4.75 Å². The Bertz CT molecular complexity index is 1040. The van der Waals surface area contributed by atoms with Crippen LogP contribution in [0.25, 0.3) is 0 Å². The van der Waals surface area contributed by atoms with E-state index in [0.29, 0.717) is 16.5 Å². The number of amides is 2. The van der Waals surface area contributed by atoms with E-state index in [1.54, 1.807) is 0 Å². The molecule has 2 aliphatic rings. The maximum absolute atomic E-state index is 13.2. The van der Waals surface area contributed by atoms with Crippen LogP contribution in [0, 0.1) is 0 Å². The molecule has 29 heavy (non-hydrogen) atoms. The average molecular weight is 461 g/mol. The smallest absolute Gasteiger partial charge is 0.251 e. The second kappa shape index (κ2) is 8.06. The molecule has 2 N–H and O–H groups in total. The number of nitrogens with one attached hydrogen (secondary N) is 2. The largest absolute Gasteiger partial charge is 0.479 e. The molecular weight excluding hydrogens is 444 g/mol. The Morgan fingerprint density at radius 1 is 1.07 bits per heavy atom. The maximum Gasteiger partial charge on any atom is 0.251 e. The topological polar surface area (TPSA) is 67.4 Å². The number of ether oxygens (including phenoxy) is 1. The van der Waals surface area contributed by atoms with Gasteiger partial charge in [-0.05, 0) is 48.6 Å². The minimum Gasteiger partial charge on any atom is -0.479 e. The van der Waals surface area contributed by atoms with E-state index in [0.717, 1.165) is 28.6 Å². The number of fused-ring (bicyclic) bond motifs is 2. The summed E-state index contributed by atoms with van der Waals surface area (Å²) >= 11 is 13.4. The summed E-state index contributed by atoms with van der Waals surface area (Å²) < 4.78 is 4.81. The molecule has 0 spiro atoms. The number of rotatable bonds is 4. The summed E-state index contributed by atoms with van der Waals surface area (Å²) in [5.74, 6) is -0.437. The Morgan fingerprint density at radius 3 is 2.52 bits per heavy atom. The normalized spacial score (nSPS) is 21.8. The molecule has 5 nitrogen and oxygen atoms in total. The maximum atomic E-state index is 13.2. The number of anilines is 2. The molecule has 0 aliphatic carbocycles. The van der Waals surface area contributed by atoms with Crippen LogP contribution in [0.3, 0.4) is 0 Å². The van der Waals surface area contributed by atoms with E-state index in [1.165, 1.54) is 11.8 Å². The van der Waals surface area contributed by atoms with Gasteiger partial charge in [0.25, 0.3) is 5.91 Å². The highest BCUT2D eigenvalue weighted by molar-refractivity contribution is 8.30. The highest BCUT2D eigenvalue weighted by Gasteiger charge is 2.53. The zero-order valence-electron chi connectivity index (χ0n) is 15.3. The summed E-state index contributed by atoms with van der Waals surface area (Å²) in [4.78, 5) is 25.8. The lowest BCUT2D eigenvalue weighted by atomic mass is 10.0. The van der Waals surface area contributed by atoms with Gasteiger partial charge in [-0.3, -0.25) is 9.59 Å². The first kappa shape index (κ1) is 20.3. The van der Waals surface area contributed by atoms with Crippen LogP contribution in [-0.2, 0) is 19.1 Å². The molecule has 0 radical (unpaired) electrons. The number of para-hydroxylation sites is 2. The second-order valence-electron chi connectivity index (χ2n) is 6.33. The number of thiocarbonyl (C=S) groups is 2. The van der Waals surface area contributed by atoms with Gasteiger partial charge in [-0.2, -0.15) is 0 Å². The molecule has 2 atom stereocenters. The Kier molecular flexibility index (Phi) is 5.65. The van der Waals surface area contributed by atoms with E-state index < -0.39 is 10.00 Å². The van der Waals surface area contributed by atoms with Crippen LogP contribution in [0.2, 0.25) is 0 Å². The fourth-order valence-electron chi connectivity index (χ4n) is 3.34. The molecular formula is C20H16N2O3S4. The number of thioether (sulfide) groups is 2. The van der Waals surface area contributed by atoms with Crippen molar-refractivity contribution in [2.24, 2.45) is 0 Å². The predicted molar refractivity (Wildman–Crippen MR) is 127 cm³/mol. The molecule has 2 aromatic carbocycles. The number of carbonyl (C=O) groups excluding carboxylic acids is 2. The van der Waals surface area contributed by atoms with Gasteiger partial charge in [0.2, 0.25) is 10.3 Å². The third kappa shape index (κ3) is 3.46. The van der Waals surface area contributed by atoms with Crippen molar-refractivity contribution in [1.82, 2.24) is 0 Å². The molecule has 2 amide bonds. The second-order valence-corrected chi connectivity index (χ2v) is 9.93. The van der Waals surface area contributed by atoms with Crippen molar-refractivity contribution in [1.29, 1.82) is 0 Å². The van der Waals surface area contributed by atoms with Crippen molar-refractivity contribution in [3.05, 3.63) is 59.7 Å². The summed E-state index contributed by atoms with van der Waals surface area (Å²) in [5.41, 5.74) is 3.02. The number of carbonyl (C=O) groups is 2. The van der Waals surface area contributed by atoms with E-state index in [-0.39, 0.29) is 16.2 Å². The van der Waals surface area contributed by atoms with Gasteiger partial charge in [-0.1, -0.05) is 60.4 Å². The Morgan fingerprint density at radius 2 is 1.76 bits per heavy atom. The third-order valence-corrected chi connectivity index (χ3v) is 8.27. The zero-order chi connectivity index (χ0) is 20.6. The molecule has 0 aromatic heterocycles. The van der Waals surface area contributed by atoms with Crippen molar-refractivity contribution < 1.29 is 14.3 Å². The van der Waals surface area contributed by atoms with Gasteiger partial charge < -0.3 is 15.4 Å². The van der Waals surface area contributed by atoms with Crippen LogP contribution in [0.4, 0.5) is 11.4 Å². The van der Waals surface area contributed by atoms with Gasteiger partial charge in [0, 0.05) is 16.9 Å². The van der Waals surface area contributed by atoms with Gasteiger partial charge in [-0.25, -0.2) is 0 Å². The Hall–Kier alpha value is -1.94. The Balaban J connectivity index is 1.73. The van der Waals surface area contributed by atoms with Crippen LogP contribution in [0.15, 0.2) is 48.5 Å². The van der Waals surface area contributed by atoms with Gasteiger partial charge in [0.1, 0.15) is 5.25 Å². The van der Waals surface area contributed by atoms with E-state index in [2.05, 4.69) is 10.6 Å².